The first kappa shape index (κ1) is 23.3. The van der Waals surface area contributed by atoms with Crippen LogP contribution in [0.5, 0.6) is 0 Å². The number of nitrogens with one attached hydrogen (secondary N) is 1. The molecule has 0 radical (unpaired) electrons. The minimum absolute atomic E-state index is 0.133. The summed E-state index contributed by atoms with van der Waals surface area (Å²) in [7, 11) is 0. The maximum Gasteiger partial charge on any atom is 0.251 e. The molecule has 38 heavy (non-hydrogen) atoms. The molecule has 0 aliphatic rings. The molecule has 0 aliphatic heterocycles. The number of aryl methyl sites for hydroxylation is 2. The fourth-order valence-corrected chi connectivity index (χ4v) is 4.51. The number of rotatable bonds is 5. The van der Waals surface area contributed by atoms with Crippen molar-refractivity contribution in [2.45, 2.75) is 20.4 Å². The summed E-state index contributed by atoms with van der Waals surface area (Å²) >= 11 is 0. The first-order chi connectivity index (χ1) is 18.5. The second-order valence-corrected chi connectivity index (χ2v) is 9.27. The van der Waals surface area contributed by atoms with Crippen LogP contribution in [-0.4, -0.2) is 30.4 Å². The largest absolute Gasteiger partial charge is 0.383 e. The molecule has 4 aromatic heterocycles. The van der Waals surface area contributed by atoms with Crippen LogP contribution in [0, 0.1) is 13.8 Å². The van der Waals surface area contributed by atoms with E-state index in [-0.39, 0.29) is 5.91 Å². The summed E-state index contributed by atoms with van der Waals surface area (Å²) in [5.41, 5.74) is 13.7. The van der Waals surface area contributed by atoms with E-state index < -0.39 is 0 Å². The highest BCUT2D eigenvalue weighted by Crippen LogP contribution is 2.30. The van der Waals surface area contributed by atoms with Gasteiger partial charge < -0.3 is 11.1 Å². The van der Waals surface area contributed by atoms with Gasteiger partial charge in [-0.15, -0.1) is 0 Å². The predicted octanol–water partition coefficient (Wildman–Crippen LogP) is 5.16. The van der Waals surface area contributed by atoms with Gasteiger partial charge in [0.15, 0.2) is 11.5 Å². The molecule has 0 unspecified atom stereocenters. The summed E-state index contributed by atoms with van der Waals surface area (Å²) in [6.07, 6.45) is 3.48. The molecule has 3 N–H and O–H groups in total. The number of imidazole rings is 1. The number of amides is 1. The SMILES string of the molecule is Cc1cnc2c(c1)nc(-c1cccnc1N)n2-c1ccc(CNC(=O)c2ccc3nc(C)ccc3c2)cc1. The van der Waals surface area contributed by atoms with Crippen LogP contribution in [0.1, 0.15) is 27.2 Å². The Morgan fingerprint density at radius 1 is 0.921 bits per heavy atom. The van der Waals surface area contributed by atoms with E-state index in [9.17, 15) is 4.79 Å². The van der Waals surface area contributed by atoms with Crippen molar-refractivity contribution in [3.63, 3.8) is 0 Å². The van der Waals surface area contributed by atoms with Crippen molar-refractivity contribution >= 4 is 33.8 Å². The number of aromatic nitrogens is 5. The molecule has 186 valence electrons. The third-order valence-corrected chi connectivity index (χ3v) is 6.45. The number of carbonyl (C=O) groups excluding carboxylic acids is 1. The fraction of sp³-hybridized carbons (Fsp3) is 0.100. The van der Waals surface area contributed by atoms with E-state index in [0.29, 0.717) is 23.8 Å². The van der Waals surface area contributed by atoms with Crippen LogP contribution in [0.25, 0.3) is 39.1 Å². The number of benzene rings is 2. The molecule has 0 spiro atoms. The third-order valence-electron chi connectivity index (χ3n) is 6.45. The second-order valence-electron chi connectivity index (χ2n) is 9.27. The van der Waals surface area contributed by atoms with Gasteiger partial charge in [-0.05, 0) is 79.6 Å². The Morgan fingerprint density at radius 3 is 2.58 bits per heavy atom. The molecule has 8 heteroatoms. The lowest BCUT2D eigenvalue weighted by atomic mass is 10.1. The number of pyridine rings is 3. The highest BCUT2D eigenvalue weighted by molar-refractivity contribution is 5.98. The standard InChI is InChI=1S/C30H25N7O/c1-18-14-26-29(33-16-18)37(28(36-26)24-4-3-13-32-27(24)31)23-10-6-20(7-11-23)17-34-30(38)22-9-12-25-21(15-22)8-5-19(2)35-25/h3-16H,17H2,1-2H3,(H2,31,32)(H,34,38). The highest BCUT2D eigenvalue weighted by atomic mass is 16.1. The summed E-state index contributed by atoms with van der Waals surface area (Å²) in [5, 5.41) is 3.95. The van der Waals surface area contributed by atoms with Crippen molar-refractivity contribution in [1.29, 1.82) is 0 Å². The van der Waals surface area contributed by atoms with Crippen molar-refractivity contribution in [2.24, 2.45) is 0 Å². The van der Waals surface area contributed by atoms with Gasteiger partial charge in [0.1, 0.15) is 11.3 Å². The molecule has 6 rings (SSSR count). The van der Waals surface area contributed by atoms with E-state index in [1.165, 1.54) is 0 Å². The Morgan fingerprint density at radius 2 is 1.76 bits per heavy atom. The van der Waals surface area contributed by atoms with E-state index in [2.05, 4.69) is 20.3 Å². The van der Waals surface area contributed by atoms with Gasteiger partial charge in [0, 0.05) is 41.3 Å². The molecular formula is C30H25N7O. The Hall–Kier alpha value is -5.11. The topological polar surface area (TPSA) is 112 Å². The van der Waals surface area contributed by atoms with Crippen LogP contribution in [0.3, 0.4) is 0 Å². The number of hydrogen-bond acceptors (Lipinski definition) is 6. The number of nitrogens with zero attached hydrogens (tertiary/aromatic N) is 5. The van der Waals surface area contributed by atoms with Gasteiger partial charge in [0.25, 0.3) is 5.91 Å². The van der Waals surface area contributed by atoms with Crippen LogP contribution in [0.4, 0.5) is 5.82 Å². The highest BCUT2D eigenvalue weighted by Gasteiger charge is 2.18. The van der Waals surface area contributed by atoms with Gasteiger partial charge in [0.05, 0.1) is 11.1 Å². The molecule has 0 aliphatic carbocycles. The van der Waals surface area contributed by atoms with Crippen LogP contribution >= 0.6 is 0 Å². The van der Waals surface area contributed by atoms with E-state index in [0.717, 1.165) is 50.1 Å². The second kappa shape index (κ2) is 9.40. The van der Waals surface area contributed by atoms with Crippen molar-refractivity contribution in [3.05, 3.63) is 108 Å². The van der Waals surface area contributed by atoms with E-state index in [4.69, 9.17) is 10.7 Å². The summed E-state index contributed by atoms with van der Waals surface area (Å²) < 4.78 is 1.98. The van der Waals surface area contributed by atoms with E-state index >= 15 is 0 Å². The van der Waals surface area contributed by atoms with Gasteiger partial charge in [-0.1, -0.05) is 18.2 Å². The first-order valence-corrected chi connectivity index (χ1v) is 12.3. The first-order valence-electron chi connectivity index (χ1n) is 12.3. The lowest BCUT2D eigenvalue weighted by molar-refractivity contribution is 0.0951. The Kier molecular flexibility index (Phi) is 5.76. The minimum Gasteiger partial charge on any atom is -0.383 e. The van der Waals surface area contributed by atoms with E-state index in [1.54, 1.807) is 12.3 Å². The molecule has 4 heterocycles. The third kappa shape index (κ3) is 4.32. The van der Waals surface area contributed by atoms with Crippen molar-refractivity contribution < 1.29 is 4.79 Å². The zero-order valence-electron chi connectivity index (χ0n) is 21.0. The van der Waals surface area contributed by atoms with Crippen molar-refractivity contribution in [3.8, 4) is 17.1 Å². The van der Waals surface area contributed by atoms with Crippen LogP contribution in [0.15, 0.2) is 85.2 Å². The summed E-state index contributed by atoms with van der Waals surface area (Å²) in [4.78, 5) is 31.1. The van der Waals surface area contributed by atoms with Gasteiger partial charge in [-0.3, -0.25) is 14.3 Å². The maximum atomic E-state index is 12.8. The van der Waals surface area contributed by atoms with Gasteiger partial charge in [-0.25, -0.2) is 15.0 Å². The molecule has 0 saturated carbocycles. The number of nitrogen functional groups attached to an aromatic ring is 1. The fourth-order valence-electron chi connectivity index (χ4n) is 4.51. The van der Waals surface area contributed by atoms with Crippen LogP contribution in [0.2, 0.25) is 0 Å². The monoisotopic (exact) mass is 499 g/mol. The Bertz CT molecular complexity index is 1820. The van der Waals surface area contributed by atoms with Gasteiger partial charge in [-0.2, -0.15) is 0 Å². The molecule has 1 amide bonds. The number of nitrogens with two attached hydrogens (primary N) is 1. The molecule has 0 bridgehead atoms. The molecule has 0 atom stereocenters. The Labute approximate surface area is 219 Å². The molecule has 0 fully saturated rings. The molecule has 0 saturated heterocycles. The van der Waals surface area contributed by atoms with Crippen LogP contribution in [-0.2, 0) is 6.54 Å². The zero-order chi connectivity index (χ0) is 26.2. The lowest BCUT2D eigenvalue weighted by Gasteiger charge is -2.11. The Balaban J connectivity index is 1.27. The average molecular weight is 500 g/mol. The molecule has 6 aromatic rings. The molecular weight excluding hydrogens is 474 g/mol. The number of anilines is 1. The quantitative estimate of drug-likeness (QED) is 0.339. The molecule has 2 aromatic carbocycles. The van der Waals surface area contributed by atoms with E-state index in [1.807, 2.05) is 91.3 Å². The van der Waals surface area contributed by atoms with Crippen molar-refractivity contribution in [1.82, 2.24) is 29.8 Å². The minimum atomic E-state index is -0.133. The lowest BCUT2D eigenvalue weighted by Crippen LogP contribution is -2.22. The summed E-state index contributed by atoms with van der Waals surface area (Å²) in [6.45, 7) is 4.34. The maximum absolute atomic E-state index is 12.8. The van der Waals surface area contributed by atoms with Gasteiger partial charge >= 0.3 is 0 Å². The van der Waals surface area contributed by atoms with Gasteiger partial charge in [0.2, 0.25) is 0 Å². The summed E-state index contributed by atoms with van der Waals surface area (Å²) in [6, 6.07) is 23.2. The average Bonchev–Trinajstić information content (AvgIpc) is 3.30. The normalized spacial score (nSPS) is 11.2. The number of fused-ring (bicyclic) bond motifs is 2. The van der Waals surface area contributed by atoms with Crippen molar-refractivity contribution in [2.75, 3.05) is 5.73 Å². The zero-order valence-corrected chi connectivity index (χ0v) is 21.0. The number of carbonyl (C=O) groups is 1. The van der Waals surface area contributed by atoms with Crippen LogP contribution < -0.4 is 11.1 Å². The number of hydrogen-bond donors (Lipinski definition) is 2. The summed E-state index contributed by atoms with van der Waals surface area (Å²) in [5.74, 6) is 0.941. The molecule has 8 nitrogen and oxygen atoms in total. The predicted molar refractivity (Wildman–Crippen MR) is 149 cm³/mol. The smallest absolute Gasteiger partial charge is 0.251 e.